The van der Waals surface area contributed by atoms with Crippen molar-refractivity contribution in [2.75, 3.05) is 26.4 Å². The molecule has 0 amide bonds. The van der Waals surface area contributed by atoms with Crippen LogP contribution in [-0.4, -0.2) is 174 Å². The molecule has 3 aliphatic rings. The van der Waals surface area contributed by atoms with Gasteiger partial charge < -0.3 is 85.6 Å². The van der Waals surface area contributed by atoms with E-state index in [4.69, 9.17) is 80.5 Å². The van der Waals surface area contributed by atoms with Crippen molar-refractivity contribution in [1.29, 1.82) is 0 Å². The van der Waals surface area contributed by atoms with Gasteiger partial charge in [-0.1, -0.05) is 220 Å². The Morgan fingerprint density at radius 2 is 0.764 bits per heavy atom. The molecule has 10 rings (SSSR count). The highest BCUT2D eigenvalue weighted by molar-refractivity contribution is 6.76. The summed E-state index contributed by atoms with van der Waals surface area (Å²) in [6.45, 7) is 10.1. The minimum atomic E-state index is -1.97. The lowest BCUT2D eigenvalue weighted by molar-refractivity contribution is -0.397. The van der Waals surface area contributed by atoms with E-state index in [0.29, 0.717) is 11.6 Å². The van der Waals surface area contributed by atoms with Crippen molar-refractivity contribution >= 4 is 37.9 Å². The van der Waals surface area contributed by atoms with Gasteiger partial charge in [-0.15, -0.1) is 0 Å². The fraction of sp³-hybridized carbons (Fsp3) is 0.427. The zero-order valence-electron chi connectivity index (χ0n) is 60.7. The molecule has 0 unspecified atom stereocenters. The predicted octanol–water partition coefficient (Wildman–Crippen LogP) is 11.0. The summed E-state index contributed by atoms with van der Waals surface area (Å²) in [5.41, 5.74) is 4.81. The Morgan fingerprint density at radius 1 is 0.387 bits per heavy atom. The molecule has 0 radical (unpaired) electrons. The van der Waals surface area contributed by atoms with Gasteiger partial charge >= 0.3 is 29.8 Å². The second-order valence-corrected chi connectivity index (χ2v) is 32.9. The largest absolute Gasteiger partial charge is 0.463 e. The smallest absolute Gasteiger partial charge is 0.338 e. The molecular weight excluding hydrogens is 1380 g/mol. The Bertz CT molecular complexity index is 3770. The van der Waals surface area contributed by atoms with Crippen molar-refractivity contribution in [2.24, 2.45) is 0 Å². The van der Waals surface area contributed by atoms with Gasteiger partial charge in [-0.3, -0.25) is 19.2 Å². The number of ether oxygens (including phenoxy) is 17. The van der Waals surface area contributed by atoms with E-state index in [9.17, 15) is 24.3 Å². The Hall–Kier alpha value is -8.41. The van der Waals surface area contributed by atoms with Crippen molar-refractivity contribution in [3.05, 3.63) is 251 Å². The Morgan fingerprint density at radius 3 is 1.22 bits per heavy atom. The molecule has 7 aromatic rings. The van der Waals surface area contributed by atoms with Crippen LogP contribution in [0.5, 0.6) is 0 Å². The molecule has 0 saturated carbocycles. The molecule has 17 atom stereocenters. The van der Waals surface area contributed by atoms with Gasteiger partial charge in [0.1, 0.15) is 67.6 Å². The molecule has 24 heteroatoms. The molecule has 3 aliphatic heterocycles. The fourth-order valence-corrected chi connectivity index (χ4v) is 13.2. The van der Waals surface area contributed by atoms with Crippen molar-refractivity contribution in [3.8, 4) is 0 Å². The third kappa shape index (κ3) is 24.3. The number of hydrogen-bond acceptors (Lipinski definition) is 23. The van der Waals surface area contributed by atoms with E-state index >= 15 is 4.79 Å². The summed E-state index contributed by atoms with van der Waals surface area (Å²) in [7, 11) is -1.97. The van der Waals surface area contributed by atoms with Crippen molar-refractivity contribution < 1.29 is 110 Å². The van der Waals surface area contributed by atoms with Gasteiger partial charge in [0.2, 0.25) is 0 Å². The van der Waals surface area contributed by atoms with Gasteiger partial charge in [0, 0.05) is 42.4 Å². The maximum Gasteiger partial charge on any atom is 0.338 e. The second kappa shape index (κ2) is 40.5. The first-order valence-corrected chi connectivity index (χ1v) is 39.4. The lowest BCUT2D eigenvalue weighted by Gasteiger charge is -2.52. The number of hydrogen-bond donors (Lipinski definition) is 1. The molecule has 1 N–H and O–H groups in total. The molecular formula is C82H96O23Si. The van der Waals surface area contributed by atoms with Crippen LogP contribution in [0.2, 0.25) is 25.7 Å². The zero-order chi connectivity index (χ0) is 74.8. The Kier molecular flexibility index (Phi) is 30.6. The van der Waals surface area contributed by atoms with Gasteiger partial charge in [-0.05, 0) is 51.6 Å². The summed E-state index contributed by atoms with van der Waals surface area (Å²) in [6.07, 6.45) is -27.0. The highest BCUT2D eigenvalue weighted by Crippen LogP contribution is 2.41. The van der Waals surface area contributed by atoms with E-state index in [1.165, 1.54) is 0 Å². The van der Waals surface area contributed by atoms with Gasteiger partial charge in [-0.25, -0.2) is 4.79 Å². The van der Waals surface area contributed by atoms with Crippen LogP contribution in [0.4, 0.5) is 0 Å². The van der Waals surface area contributed by atoms with Crippen molar-refractivity contribution in [3.63, 3.8) is 0 Å². The molecule has 106 heavy (non-hydrogen) atoms. The average molecular weight is 1480 g/mol. The topological polar surface area (TPSA) is 262 Å². The second-order valence-electron chi connectivity index (χ2n) is 27.3. The average Bonchev–Trinajstić information content (AvgIpc) is 0.754. The summed E-state index contributed by atoms with van der Waals surface area (Å²) in [5, 5.41) is 13.7. The summed E-state index contributed by atoms with van der Waals surface area (Å²) in [6, 6.07) is 65.3. The lowest BCUT2D eigenvalue weighted by Crippen LogP contribution is -2.70. The van der Waals surface area contributed by atoms with Gasteiger partial charge in [0.15, 0.2) is 43.3 Å². The van der Waals surface area contributed by atoms with Crippen molar-refractivity contribution in [1.82, 2.24) is 0 Å². The van der Waals surface area contributed by atoms with Crippen molar-refractivity contribution in [2.45, 2.75) is 197 Å². The lowest BCUT2D eigenvalue weighted by atomic mass is 9.92. The van der Waals surface area contributed by atoms with E-state index in [1.807, 2.05) is 182 Å². The Balaban J connectivity index is 1.20. The first kappa shape index (κ1) is 80.1. The maximum atomic E-state index is 15.3. The number of aliphatic hydroxyl groups is 1. The van der Waals surface area contributed by atoms with Gasteiger partial charge in [-0.2, -0.15) is 0 Å². The molecule has 3 heterocycles. The predicted molar refractivity (Wildman–Crippen MR) is 387 cm³/mol. The number of carbonyl (C=O) groups excluding carboxylic acids is 5. The quantitative estimate of drug-likeness (QED) is 0.0215. The molecule has 566 valence electrons. The number of aliphatic hydroxyl groups excluding tert-OH is 1. The molecule has 7 aromatic carbocycles. The molecule has 3 fully saturated rings. The maximum absolute atomic E-state index is 15.3. The SMILES string of the molecule is CC(=O)OC[C@H]1O[C@@H](O[C@H]2[C@H](O[C@H]3O[C@H]([C@H](COCc4ccccc4)OCc4ccccc4)[C@@H](OCc4ccccc4)[C@H](O)[C@@H]3OCc3ccccc3)[C@H](OC(=O)c3ccccc3)[C@@H](OCC[Si](C)(C)C)O[C@@H]2[C@H](COCc2ccccc2)OCc2ccccc2)[C@H](OC(C)=O)[C@@H](OC(C)=O)[C@@H]1OC(C)=O. The first-order chi connectivity index (χ1) is 51.3. The van der Waals surface area contributed by atoms with Crippen LogP contribution < -0.4 is 0 Å². The van der Waals surface area contributed by atoms with Crippen LogP contribution in [0.25, 0.3) is 0 Å². The minimum absolute atomic E-state index is 0.0200. The third-order valence-electron chi connectivity index (χ3n) is 17.7. The summed E-state index contributed by atoms with van der Waals surface area (Å²) in [4.78, 5) is 68.5. The van der Waals surface area contributed by atoms with Crippen LogP contribution in [0, 0.1) is 0 Å². The normalized spacial score (nSPS) is 25.1. The molecule has 23 nitrogen and oxygen atoms in total. The van der Waals surface area contributed by atoms with E-state index in [2.05, 4.69) is 19.6 Å². The zero-order valence-corrected chi connectivity index (χ0v) is 61.7. The first-order valence-electron chi connectivity index (χ1n) is 35.7. The van der Waals surface area contributed by atoms with E-state index in [0.717, 1.165) is 55.5 Å². The minimum Gasteiger partial charge on any atom is -0.463 e. The summed E-state index contributed by atoms with van der Waals surface area (Å²) < 4.78 is 115. The highest BCUT2D eigenvalue weighted by atomic mass is 28.3. The van der Waals surface area contributed by atoms with Crippen LogP contribution >= 0.6 is 0 Å². The van der Waals surface area contributed by atoms with Crippen LogP contribution in [0.3, 0.4) is 0 Å². The highest BCUT2D eigenvalue weighted by Gasteiger charge is 2.61. The number of esters is 5. The van der Waals surface area contributed by atoms with E-state index in [-0.39, 0.29) is 65.0 Å². The van der Waals surface area contributed by atoms with E-state index < -0.39 is 149 Å². The molecule has 0 bridgehead atoms. The van der Waals surface area contributed by atoms with Crippen LogP contribution in [0.15, 0.2) is 212 Å². The van der Waals surface area contributed by atoms with Crippen LogP contribution in [0.1, 0.15) is 71.4 Å². The fourth-order valence-electron chi connectivity index (χ4n) is 12.5. The monoisotopic (exact) mass is 1480 g/mol. The Labute approximate surface area is 619 Å². The third-order valence-corrected chi connectivity index (χ3v) is 19.4. The van der Waals surface area contributed by atoms with E-state index in [1.54, 1.807) is 30.3 Å². The molecule has 3 saturated heterocycles. The summed E-state index contributed by atoms with van der Waals surface area (Å²) in [5.74, 6) is -4.34. The molecule has 0 aliphatic carbocycles. The number of rotatable bonds is 37. The van der Waals surface area contributed by atoms with Crippen LogP contribution in [-0.2, 0) is 139 Å². The van der Waals surface area contributed by atoms with Gasteiger partial charge in [0.25, 0.3) is 0 Å². The molecule has 0 spiro atoms. The van der Waals surface area contributed by atoms with Gasteiger partial charge in [0.05, 0.1) is 58.4 Å². The molecule has 0 aromatic heterocycles. The standard InChI is InChI=1S/C82H96O23Si/c1-54(83)92-53-67-71(97-55(2)84)75(98-56(3)85)78(99-57(4)86)82(100-67)104-74-70(66(94-48-61-35-21-11-22-36-61)52-90-46-59-31-17-9-18-32-59)102-80(91-43-44-106(5,6)7)77(101-79(88)64-41-27-14-28-42-64)76(74)105-81-73(96-50-63-39-25-13-26-40-63)68(87)72(95-49-62-37-23-12-24-38-62)69(103-81)65(93-47-60-33-19-10-20-34-60)51-89-45-58-29-15-8-16-30-58/h8-42,65-78,80-82,87H,43-53H2,1-7H3/t65-,66-,67+,68-,69+,70+,71+,72-,73-,74+,75-,76-,77-,78+,80-,81+,82-/m0/s1. The number of carbonyl (C=O) groups is 5. The summed E-state index contributed by atoms with van der Waals surface area (Å²) >= 11 is 0. The number of benzene rings is 7.